The Balaban J connectivity index is 1.08. The van der Waals surface area contributed by atoms with Crippen LogP contribution in [-0.4, -0.2) is 35.6 Å². The van der Waals surface area contributed by atoms with Crippen molar-refractivity contribution in [3.8, 4) is 11.1 Å². The number of carbonyl (C=O) groups is 1. The quantitative estimate of drug-likeness (QED) is 0.0779. The average Bonchev–Trinajstić information content (AvgIpc) is 3.24. The number of carbonyl (C=O) groups excluding carboxylic acids is 1. The van der Waals surface area contributed by atoms with E-state index < -0.39 is 46.8 Å². The topological polar surface area (TPSA) is 71.0 Å². The molecule has 11 heteroatoms. The fraction of sp³-hybridized carbons (Fsp3) is 0.239. The summed E-state index contributed by atoms with van der Waals surface area (Å²) in [6, 6.07) is 37.3. The first kappa shape index (κ1) is 39.8. The van der Waals surface area contributed by atoms with E-state index in [0.29, 0.717) is 12.1 Å². The Kier molecular flexibility index (Phi) is 11.8. The molecule has 1 aliphatic rings. The number of aliphatic hydroxyl groups excluding tert-OH is 1. The van der Waals surface area contributed by atoms with Gasteiger partial charge in [0.2, 0.25) is 5.82 Å². The van der Waals surface area contributed by atoms with E-state index in [4.69, 9.17) is 9.47 Å². The lowest BCUT2D eigenvalue weighted by Gasteiger charge is -2.43. The van der Waals surface area contributed by atoms with Crippen molar-refractivity contribution in [2.45, 2.75) is 51.5 Å². The largest absolute Gasteiger partial charge is 0.392 e. The van der Waals surface area contributed by atoms with Crippen molar-refractivity contribution in [1.82, 2.24) is 10.2 Å². The van der Waals surface area contributed by atoms with Crippen molar-refractivity contribution in [1.29, 1.82) is 0 Å². The van der Waals surface area contributed by atoms with Gasteiger partial charge in [-0.25, -0.2) is 22.0 Å². The number of hydrogen-bond acceptors (Lipinski definition) is 5. The van der Waals surface area contributed by atoms with Crippen molar-refractivity contribution >= 4 is 16.7 Å². The standard InChI is InChI=1S/C46H41F5N2O4/c1-26-37(24-53(3)27(2)34-20-17-30-8-4-5-9-36(30)22-34)56-46(57-44(26)32-13-11-28(25-54)12-14-32)33-18-15-31(16-19-33)35-10-6-7-29(21-35)23-52-45(55)38-39(47)41(49)43(51)42(50)40(38)48/h4-22,26-27,37,44,46,54H,23-25H2,1-3H3,(H,52,55)/t26-,27+,37+,44+,46+/m0/s1. The number of likely N-dealkylation sites (N-methyl/N-ethyl adjacent to an activating group) is 1. The van der Waals surface area contributed by atoms with Crippen molar-refractivity contribution in [2.75, 3.05) is 13.6 Å². The van der Waals surface area contributed by atoms with Crippen LogP contribution >= 0.6 is 0 Å². The van der Waals surface area contributed by atoms with Gasteiger partial charge in [-0.2, -0.15) is 0 Å². The van der Waals surface area contributed by atoms with Gasteiger partial charge in [-0.15, -0.1) is 0 Å². The van der Waals surface area contributed by atoms with Gasteiger partial charge in [0, 0.05) is 30.6 Å². The Labute approximate surface area is 327 Å². The van der Waals surface area contributed by atoms with E-state index in [1.165, 1.54) is 16.3 Å². The number of hydrogen-bond donors (Lipinski definition) is 2. The molecule has 1 amide bonds. The minimum absolute atomic E-state index is 0.0240. The van der Waals surface area contributed by atoms with Crippen LogP contribution < -0.4 is 5.32 Å². The Morgan fingerprint density at radius 3 is 2.05 bits per heavy atom. The molecule has 294 valence electrons. The van der Waals surface area contributed by atoms with E-state index in [1.54, 1.807) is 18.2 Å². The second kappa shape index (κ2) is 17.0. The summed E-state index contributed by atoms with van der Waals surface area (Å²) in [5, 5.41) is 14.3. The molecule has 6 nitrogen and oxygen atoms in total. The van der Waals surface area contributed by atoms with Gasteiger partial charge in [-0.1, -0.05) is 110 Å². The normalized spacial score (nSPS) is 18.8. The van der Waals surface area contributed by atoms with Gasteiger partial charge in [0.05, 0.1) is 18.8 Å². The molecule has 0 unspecified atom stereocenters. The maximum Gasteiger partial charge on any atom is 0.257 e. The number of amides is 1. The van der Waals surface area contributed by atoms with E-state index in [2.05, 4.69) is 61.4 Å². The zero-order valence-corrected chi connectivity index (χ0v) is 31.5. The molecule has 6 aromatic carbocycles. The predicted molar refractivity (Wildman–Crippen MR) is 207 cm³/mol. The highest BCUT2D eigenvalue weighted by Gasteiger charge is 2.39. The molecule has 2 N–H and O–H groups in total. The number of aliphatic hydroxyl groups is 1. The van der Waals surface area contributed by atoms with Crippen molar-refractivity contribution in [3.05, 3.63) is 178 Å². The van der Waals surface area contributed by atoms with Crippen LogP contribution in [0.3, 0.4) is 0 Å². The number of nitrogens with one attached hydrogen (secondary N) is 1. The fourth-order valence-electron chi connectivity index (χ4n) is 7.26. The van der Waals surface area contributed by atoms with Crippen LogP contribution in [0.2, 0.25) is 0 Å². The highest BCUT2D eigenvalue weighted by atomic mass is 19.2. The zero-order valence-electron chi connectivity index (χ0n) is 31.5. The minimum atomic E-state index is -2.33. The zero-order chi connectivity index (χ0) is 40.4. The van der Waals surface area contributed by atoms with Gasteiger partial charge in [0.15, 0.2) is 29.6 Å². The predicted octanol–water partition coefficient (Wildman–Crippen LogP) is 10.1. The first-order chi connectivity index (χ1) is 27.4. The van der Waals surface area contributed by atoms with E-state index in [1.807, 2.05) is 66.7 Å². The molecule has 5 atom stereocenters. The molecule has 0 bridgehead atoms. The smallest absolute Gasteiger partial charge is 0.257 e. The van der Waals surface area contributed by atoms with Gasteiger partial charge < -0.3 is 19.9 Å². The third-order valence-corrected chi connectivity index (χ3v) is 10.8. The Bertz CT molecular complexity index is 2360. The van der Waals surface area contributed by atoms with Crippen LogP contribution in [0, 0.1) is 35.0 Å². The van der Waals surface area contributed by atoms with Gasteiger partial charge in [-0.05, 0) is 70.3 Å². The van der Waals surface area contributed by atoms with E-state index in [9.17, 15) is 31.9 Å². The van der Waals surface area contributed by atoms with E-state index >= 15 is 0 Å². The molecular formula is C46H41F5N2O4. The van der Waals surface area contributed by atoms with Gasteiger partial charge in [0.1, 0.15) is 5.56 Å². The van der Waals surface area contributed by atoms with Crippen LogP contribution in [-0.2, 0) is 22.6 Å². The van der Waals surface area contributed by atoms with E-state index in [0.717, 1.165) is 27.8 Å². The second-order valence-electron chi connectivity index (χ2n) is 14.5. The Morgan fingerprint density at radius 1 is 0.719 bits per heavy atom. The van der Waals surface area contributed by atoms with Crippen LogP contribution in [0.25, 0.3) is 21.9 Å². The molecule has 0 aliphatic carbocycles. The molecule has 0 saturated carbocycles. The molecule has 1 fully saturated rings. The molecule has 1 saturated heterocycles. The number of rotatable bonds is 11. The summed E-state index contributed by atoms with van der Waals surface area (Å²) >= 11 is 0. The average molecular weight is 781 g/mol. The lowest BCUT2D eigenvalue weighted by Crippen LogP contribution is -2.44. The van der Waals surface area contributed by atoms with Crippen molar-refractivity contribution in [2.24, 2.45) is 5.92 Å². The fourth-order valence-corrected chi connectivity index (χ4v) is 7.26. The summed E-state index contributed by atoms with van der Waals surface area (Å²) in [6.45, 7) is 4.65. The summed E-state index contributed by atoms with van der Waals surface area (Å²) in [6.07, 6.45) is -1.21. The van der Waals surface area contributed by atoms with Gasteiger partial charge in [-0.3, -0.25) is 9.69 Å². The maximum absolute atomic E-state index is 14.2. The van der Waals surface area contributed by atoms with Crippen molar-refractivity contribution in [3.63, 3.8) is 0 Å². The summed E-state index contributed by atoms with van der Waals surface area (Å²) < 4.78 is 82.6. The van der Waals surface area contributed by atoms with Crippen LogP contribution in [0.5, 0.6) is 0 Å². The molecule has 1 heterocycles. The van der Waals surface area contributed by atoms with E-state index in [-0.39, 0.29) is 37.3 Å². The number of nitrogens with zero attached hydrogens (tertiary/aromatic N) is 1. The lowest BCUT2D eigenvalue weighted by molar-refractivity contribution is -0.276. The molecule has 7 rings (SSSR count). The summed E-state index contributed by atoms with van der Waals surface area (Å²) in [4.78, 5) is 14.8. The highest BCUT2D eigenvalue weighted by molar-refractivity contribution is 5.94. The van der Waals surface area contributed by atoms with Crippen LogP contribution in [0.15, 0.2) is 115 Å². The lowest BCUT2D eigenvalue weighted by atomic mass is 9.89. The monoisotopic (exact) mass is 780 g/mol. The first-order valence-corrected chi connectivity index (χ1v) is 18.6. The molecule has 57 heavy (non-hydrogen) atoms. The summed E-state index contributed by atoms with van der Waals surface area (Å²) in [5.74, 6) is -12.6. The third kappa shape index (κ3) is 8.33. The molecule has 0 radical (unpaired) electrons. The number of halogens is 5. The number of benzene rings is 6. The summed E-state index contributed by atoms with van der Waals surface area (Å²) in [7, 11) is 2.10. The van der Waals surface area contributed by atoms with Gasteiger partial charge in [0.25, 0.3) is 5.91 Å². The third-order valence-electron chi connectivity index (χ3n) is 10.8. The molecular weight excluding hydrogens is 740 g/mol. The maximum atomic E-state index is 14.2. The molecule has 1 aliphatic heterocycles. The van der Waals surface area contributed by atoms with Crippen LogP contribution in [0.4, 0.5) is 22.0 Å². The molecule has 6 aromatic rings. The summed E-state index contributed by atoms with van der Waals surface area (Å²) in [5.41, 5.74) is 4.33. The molecule has 0 spiro atoms. The Morgan fingerprint density at radius 2 is 1.37 bits per heavy atom. The first-order valence-electron chi connectivity index (χ1n) is 18.6. The Hall–Kier alpha value is -5.46. The van der Waals surface area contributed by atoms with Crippen molar-refractivity contribution < 1.29 is 41.3 Å². The SMILES string of the molecule is C[C@H]1[C@@H](CN(C)[C@H](C)c2ccc3ccccc3c2)O[C@@H](c2ccc(-c3cccc(CNC(=O)c4c(F)c(F)c(F)c(F)c4F)c3)cc2)O[C@H]1c1ccc(CO)cc1. The number of ether oxygens (including phenoxy) is 2. The second-order valence-corrected chi connectivity index (χ2v) is 14.5. The van der Waals surface area contributed by atoms with Gasteiger partial charge >= 0.3 is 0 Å². The number of fused-ring (bicyclic) bond motifs is 1. The molecule has 0 aromatic heterocycles. The minimum Gasteiger partial charge on any atom is -0.392 e. The highest BCUT2D eigenvalue weighted by Crippen LogP contribution is 2.42. The van der Waals surface area contributed by atoms with Crippen LogP contribution in [0.1, 0.15) is 70.5 Å².